The second kappa shape index (κ2) is 7.84. The summed E-state index contributed by atoms with van der Waals surface area (Å²) in [5.41, 5.74) is 0. The molecule has 0 unspecified atom stereocenters. The topological polar surface area (TPSA) is 64.6 Å². The number of carbonyl (C=O) groups excluding carboxylic acids is 2. The monoisotopic (exact) mass is 271 g/mol. The van der Waals surface area contributed by atoms with Gasteiger partial charge in [-0.05, 0) is 25.3 Å². The highest BCUT2D eigenvalue weighted by Gasteiger charge is 2.28. The van der Waals surface area contributed by atoms with Crippen LogP contribution in [0.5, 0.6) is 0 Å². The Hall–Kier alpha value is -1.40. The van der Waals surface area contributed by atoms with Crippen molar-refractivity contribution >= 4 is 23.3 Å². The van der Waals surface area contributed by atoms with Crippen molar-refractivity contribution < 1.29 is 19.1 Å². The molecule has 6 heteroatoms. The Morgan fingerprint density at radius 1 is 1.28 bits per heavy atom. The summed E-state index contributed by atoms with van der Waals surface area (Å²) in [5, 5.41) is 4.78. The summed E-state index contributed by atoms with van der Waals surface area (Å²) in [7, 11) is 0. The van der Waals surface area contributed by atoms with Crippen molar-refractivity contribution in [2.45, 2.75) is 26.4 Å². The Bertz CT molecular complexity index is 359. The summed E-state index contributed by atoms with van der Waals surface area (Å²) in [6.07, 6.45) is 0. The molecule has 0 bridgehead atoms. The average molecular weight is 271 g/mol. The molecule has 1 aromatic heterocycles. The summed E-state index contributed by atoms with van der Waals surface area (Å²) >= 11 is 1.55. The Morgan fingerprint density at radius 3 is 2.33 bits per heavy atom. The Kier molecular flexibility index (Phi) is 6.38. The number of esters is 2. The van der Waals surface area contributed by atoms with Gasteiger partial charge in [0.2, 0.25) is 6.04 Å². The summed E-state index contributed by atoms with van der Waals surface area (Å²) in [5.74, 6) is -1.21. The van der Waals surface area contributed by atoms with Crippen molar-refractivity contribution in [3.8, 4) is 0 Å². The molecule has 1 rings (SSSR count). The lowest BCUT2D eigenvalue weighted by Crippen LogP contribution is -2.45. The van der Waals surface area contributed by atoms with E-state index in [1.54, 1.807) is 25.2 Å². The lowest BCUT2D eigenvalue weighted by Gasteiger charge is -2.15. The minimum atomic E-state index is -1.06. The maximum atomic E-state index is 11.6. The van der Waals surface area contributed by atoms with E-state index in [0.29, 0.717) is 6.54 Å². The number of carbonyl (C=O) groups is 2. The molecule has 0 aliphatic rings. The van der Waals surface area contributed by atoms with Crippen molar-refractivity contribution in [3.05, 3.63) is 22.4 Å². The SMILES string of the molecule is CCOC(=O)C(NCc1cccs1)C(=O)OCC. The number of thiophene rings is 1. The molecular weight excluding hydrogens is 254 g/mol. The van der Waals surface area contributed by atoms with Gasteiger partial charge in [0.15, 0.2) is 0 Å². The van der Waals surface area contributed by atoms with Crippen molar-refractivity contribution in [1.82, 2.24) is 5.32 Å². The third-order valence-electron chi connectivity index (χ3n) is 2.11. The van der Waals surface area contributed by atoms with Crippen molar-refractivity contribution in [2.75, 3.05) is 13.2 Å². The highest BCUT2D eigenvalue weighted by molar-refractivity contribution is 7.09. The van der Waals surface area contributed by atoms with E-state index in [-0.39, 0.29) is 13.2 Å². The van der Waals surface area contributed by atoms with Crippen molar-refractivity contribution in [1.29, 1.82) is 0 Å². The van der Waals surface area contributed by atoms with Crippen LogP contribution in [0, 0.1) is 0 Å². The van der Waals surface area contributed by atoms with Crippen LogP contribution in [-0.2, 0) is 25.6 Å². The van der Waals surface area contributed by atoms with Crippen molar-refractivity contribution in [2.24, 2.45) is 0 Å². The first-order valence-corrected chi connectivity index (χ1v) is 6.66. The van der Waals surface area contributed by atoms with Gasteiger partial charge >= 0.3 is 11.9 Å². The molecule has 0 aromatic carbocycles. The molecule has 18 heavy (non-hydrogen) atoms. The van der Waals surface area contributed by atoms with Gasteiger partial charge in [0.1, 0.15) is 0 Å². The van der Waals surface area contributed by atoms with E-state index in [4.69, 9.17) is 9.47 Å². The first-order valence-electron chi connectivity index (χ1n) is 5.78. The molecule has 0 atom stereocenters. The molecule has 0 fully saturated rings. The molecule has 0 aliphatic carbocycles. The zero-order valence-corrected chi connectivity index (χ0v) is 11.3. The maximum absolute atomic E-state index is 11.6. The van der Waals surface area contributed by atoms with Gasteiger partial charge in [-0.2, -0.15) is 0 Å². The second-order valence-corrected chi connectivity index (χ2v) is 4.43. The summed E-state index contributed by atoms with van der Waals surface area (Å²) in [4.78, 5) is 24.3. The first kappa shape index (κ1) is 14.7. The van der Waals surface area contributed by atoms with Crippen LogP contribution in [0.1, 0.15) is 18.7 Å². The van der Waals surface area contributed by atoms with E-state index in [0.717, 1.165) is 4.88 Å². The molecule has 1 aromatic rings. The first-order chi connectivity index (χ1) is 8.69. The van der Waals surface area contributed by atoms with Gasteiger partial charge in [-0.1, -0.05) is 6.07 Å². The molecule has 0 saturated heterocycles. The van der Waals surface area contributed by atoms with Gasteiger partial charge in [-0.25, -0.2) is 9.59 Å². The molecule has 0 amide bonds. The van der Waals surface area contributed by atoms with E-state index in [1.807, 2.05) is 17.5 Å². The number of hydrogen-bond donors (Lipinski definition) is 1. The van der Waals surface area contributed by atoms with Crippen LogP contribution >= 0.6 is 11.3 Å². The van der Waals surface area contributed by atoms with E-state index in [1.165, 1.54) is 0 Å². The normalized spacial score (nSPS) is 10.4. The van der Waals surface area contributed by atoms with E-state index >= 15 is 0 Å². The molecule has 0 aliphatic heterocycles. The summed E-state index contributed by atoms with van der Waals surface area (Å²) in [6.45, 7) is 4.28. The van der Waals surface area contributed by atoms with Crippen molar-refractivity contribution in [3.63, 3.8) is 0 Å². The van der Waals surface area contributed by atoms with Gasteiger partial charge in [0.25, 0.3) is 0 Å². The number of hydrogen-bond acceptors (Lipinski definition) is 6. The number of nitrogens with one attached hydrogen (secondary N) is 1. The lowest BCUT2D eigenvalue weighted by atomic mass is 10.3. The standard InChI is InChI=1S/C12H17NO4S/c1-3-16-11(14)10(12(15)17-4-2)13-8-9-6-5-7-18-9/h5-7,10,13H,3-4,8H2,1-2H3. The fraction of sp³-hybridized carbons (Fsp3) is 0.500. The Balaban J connectivity index is 2.59. The minimum absolute atomic E-state index is 0.232. The molecule has 0 saturated carbocycles. The molecular formula is C12H17NO4S. The summed E-state index contributed by atoms with van der Waals surface area (Å²) in [6, 6.07) is 2.77. The quantitative estimate of drug-likeness (QED) is 0.599. The lowest BCUT2D eigenvalue weighted by molar-refractivity contribution is -0.158. The third kappa shape index (κ3) is 4.46. The molecule has 100 valence electrons. The zero-order chi connectivity index (χ0) is 13.4. The molecule has 0 spiro atoms. The molecule has 1 N–H and O–H groups in total. The Morgan fingerprint density at radius 2 is 1.89 bits per heavy atom. The van der Waals surface area contributed by atoms with Crippen LogP contribution in [0.15, 0.2) is 17.5 Å². The van der Waals surface area contributed by atoms with Gasteiger partial charge in [-0.15, -0.1) is 11.3 Å². The van der Waals surface area contributed by atoms with Gasteiger partial charge in [0, 0.05) is 11.4 Å². The average Bonchev–Trinajstić information content (AvgIpc) is 2.83. The van der Waals surface area contributed by atoms with Crippen LogP contribution in [0.25, 0.3) is 0 Å². The fourth-order valence-electron chi connectivity index (χ4n) is 1.33. The van der Waals surface area contributed by atoms with E-state index < -0.39 is 18.0 Å². The number of rotatable bonds is 7. The van der Waals surface area contributed by atoms with Gasteiger partial charge in [-0.3, -0.25) is 5.32 Å². The van der Waals surface area contributed by atoms with Crippen LogP contribution < -0.4 is 5.32 Å². The second-order valence-electron chi connectivity index (χ2n) is 3.40. The van der Waals surface area contributed by atoms with Gasteiger partial charge in [0.05, 0.1) is 13.2 Å². The Labute approximate surface area is 110 Å². The highest BCUT2D eigenvalue weighted by atomic mass is 32.1. The maximum Gasteiger partial charge on any atom is 0.334 e. The molecule has 5 nitrogen and oxygen atoms in total. The summed E-state index contributed by atoms with van der Waals surface area (Å²) < 4.78 is 9.69. The number of ether oxygens (including phenoxy) is 2. The van der Waals surface area contributed by atoms with Gasteiger partial charge < -0.3 is 9.47 Å². The fourth-order valence-corrected chi connectivity index (χ4v) is 1.99. The molecule has 0 radical (unpaired) electrons. The van der Waals surface area contributed by atoms with E-state index in [2.05, 4.69) is 5.32 Å². The highest BCUT2D eigenvalue weighted by Crippen LogP contribution is 2.08. The van der Waals surface area contributed by atoms with Crippen LogP contribution in [0.4, 0.5) is 0 Å². The predicted molar refractivity (Wildman–Crippen MR) is 68.2 cm³/mol. The van der Waals surface area contributed by atoms with Crippen LogP contribution in [0.2, 0.25) is 0 Å². The zero-order valence-electron chi connectivity index (χ0n) is 10.5. The molecule has 1 heterocycles. The van der Waals surface area contributed by atoms with Crippen LogP contribution in [0.3, 0.4) is 0 Å². The predicted octanol–water partition coefficient (Wildman–Crippen LogP) is 1.33. The van der Waals surface area contributed by atoms with Crippen LogP contribution in [-0.4, -0.2) is 31.2 Å². The minimum Gasteiger partial charge on any atom is -0.464 e. The van der Waals surface area contributed by atoms with E-state index in [9.17, 15) is 9.59 Å². The smallest absolute Gasteiger partial charge is 0.334 e. The third-order valence-corrected chi connectivity index (χ3v) is 2.98. The largest absolute Gasteiger partial charge is 0.464 e.